The lowest BCUT2D eigenvalue weighted by Crippen LogP contribution is -2.38. The molecule has 5 rings (SSSR count). The Morgan fingerprint density at radius 1 is 1.00 bits per heavy atom. The summed E-state index contributed by atoms with van der Waals surface area (Å²) in [5.41, 5.74) is 2.41. The Kier molecular flexibility index (Phi) is 2.88. The maximum atomic E-state index is 4.93. The average molecular weight is 267 g/mol. The molecule has 0 unspecified atom stereocenters. The summed E-state index contributed by atoms with van der Waals surface area (Å²) in [4.78, 5) is 10.0. The minimum atomic E-state index is 0.684. The third-order valence-electron chi connectivity index (χ3n) is 4.78. The van der Waals surface area contributed by atoms with Crippen LogP contribution < -0.4 is 4.90 Å². The van der Waals surface area contributed by atoms with E-state index in [0.29, 0.717) is 6.04 Å². The van der Waals surface area contributed by atoms with Crippen molar-refractivity contribution in [1.29, 1.82) is 0 Å². The number of hydrogen-bond acceptors (Lipinski definition) is 3. The molecule has 0 radical (unpaired) electrons. The molecule has 0 amide bonds. The van der Waals surface area contributed by atoms with E-state index in [2.05, 4.69) is 47.1 Å². The Labute approximate surface area is 120 Å². The van der Waals surface area contributed by atoms with Crippen LogP contribution in [0.2, 0.25) is 0 Å². The number of fused-ring (bicyclic) bond motifs is 5. The topological polar surface area (TPSA) is 19.4 Å². The Bertz CT molecular complexity index is 629. The summed E-state index contributed by atoms with van der Waals surface area (Å²) in [6, 6.07) is 11.6. The van der Waals surface area contributed by atoms with Gasteiger partial charge in [0.25, 0.3) is 0 Å². The summed E-state index contributed by atoms with van der Waals surface area (Å²) >= 11 is 0. The Hall–Kier alpha value is -1.61. The van der Waals surface area contributed by atoms with Gasteiger partial charge in [-0.2, -0.15) is 0 Å². The quantitative estimate of drug-likeness (QED) is 0.792. The maximum Gasteiger partial charge on any atom is 0.129 e. The molecular formula is C17H21N3. The van der Waals surface area contributed by atoms with Crippen LogP contribution in [-0.4, -0.2) is 42.1 Å². The molecule has 1 aromatic carbocycles. The van der Waals surface area contributed by atoms with Crippen LogP contribution in [0.5, 0.6) is 0 Å². The number of hydrogen-bond donors (Lipinski definition) is 0. The predicted molar refractivity (Wildman–Crippen MR) is 83.3 cm³/mol. The first-order chi connectivity index (χ1) is 9.79. The molecular weight excluding hydrogens is 246 g/mol. The van der Waals surface area contributed by atoms with Crippen LogP contribution >= 0.6 is 0 Å². The van der Waals surface area contributed by atoms with Crippen molar-refractivity contribution in [3.63, 3.8) is 0 Å². The zero-order valence-electron chi connectivity index (χ0n) is 12.0. The second kappa shape index (κ2) is 4.74. The molecule has 2 bridgehead atoms. The number of benzene rings is 1. The van der Waals surface area contributed by atoms with Crippen molar-refractivity contribution in [2.75, 3.05) is 31.1 Å². The molecule has 1 aromatic heterocycles. The van der Waals surface area contributed by atoms with Crippen LogP contribution in [0.15, 0.2) is 30.3 Å². The summed E-state index contributed by atoms with van der Waals surface area (Å²) in [6.45, 7) is 6.95. The summed E-state index contributed by atoms with van der Waals surface area (Å²) in [5.74, 6) is 1.16. The highest BCUT2D eigenvalue weighted by molar-refractivity contribution is 5.81. The van der Waals surface area contributed by atoms with Gasteiger partial charge < -0.3 is 9.80 Å². The molecule has 3 nitrogen and oxygen atoms in total. The molecule has 0 atom stereocenters. The monoisotopic (exact) mass is 267 g/mol. The average Bonchev–Trinajstić information content (AvgIpc) is 2.80. The lowest BCUT2D eigenvalue weighted by Gasteiger charge is -2.32. The molecule has 20 heavy (non-hydrogen) atoms. The Balaban J connectivity index is 1.73. The molecule has 2 aromatic rings. The number of aryl methyl sites for hydroxylation is 1. The largest absolute Gasteiger partial charge is 0.352 e. The van der Waals surface area contributed by atoms with Gasteiger partial charge in [-0.25, -0.2) is 4.98 Å². The van der Waals surface area contributed by atoms with Gasteiger partial charge in [0.15, 0.2) is 0 Å². The van der Waals surface area contributed by atoms with Crippen molar-refractivity contribution >= 4 is 16.7 Å². The van der Waals surface area contributed by atoms with Gasteiger partial charge in [-0.15, -0.1) is 0 Å². The van der Waals surface area contributed by atoms with E-state index in [-0.39, 0.29) is 0 Å². The van der Waals surface area contributed by atoms with Gasteiger partial charge in [-0.3, -0.25) is 0 Å². The summed E-state index contributed by atoms with van der Waals surface area (Å²) in [6.07, 6.45) is 2.57. The van der Waals surface area contributed by atoms with Crippen molar-refractivity contribution < 1.29 is 0 Å². The molecule has 0 saturated carbocycles. The van der Waals surface area contributed by atoms with Crippen LogP contribution in [0, 0.1) is 6.92 Å². The minimum Gasteiger partial charge on any atom is -0.352 e. The van der Waals surface area contributed by atoms with E-state index in [9.17, 15) is 0 Å². The normalized spacial score (nSPS) is 25.9. The molecule has 0 aliphatic carbocycles. The van der Waals surface area contributed by atoms with Crippen molar-refractivity contribution in [3.05, 3.63) is 35.9 Å². The molecule has 3 heteroatoms. The molecule has 3 saturated heterocycles. The summed E-state index contributed by atoms with van der Waals surface area (Å²) < 4.78 is 0. The third-order valence-corrected chi connectivity index (χ3v) is 4.78. The van der Waals surface area contributed by atoms with Crippen LogP contribution in [0.3, 0.4) is 0 Å². The number of nitrogens with zero attached hydrogens (tertiary/aromatic N) is 3. The van der Waals surface area contributed by atoms with E-state index in [1.54, 1.807) is 0 Å². The second-order valence-corrected chi connectivity index (χ2v) is 6.13. The maximum absolute atomic E-state index is 4.93. The fraction of sp³-hybridized carbons (Fsp3) is 0.471. The highest BCUT2D eigenvalue weighted by atomic mass is 15.3. The molecule has 0 N–H and O–H groups in total. The fourth-order valence-electron chi connectivity index (χ4n) is 3.56. The smallest absolute Gasteiger partial charge is 0.129 e. The van der Waals surface area contributed by atoms with Gasteiger partial charge in [-0.1, -0.05) is 12.1 Å². The lowest BCUT2D eigenvalue weighted by atomic mass is 10.1. The SMILES string of the molecule is Cc1ccc2ccc(N3CCN4CCC3CC4)nc2c1. The zero-order valence-corrected chi connectivity index (χ0v) is 12.0. The molecule has 104 valence electrons. The molecule has 3 fully saturated rings. The number of piperidine rings is 1. The Morgan fingerprint density at radius 3 is 2.65 bits per heavy atom. The van der Waals surface area contributed by atoms with Crippen LogP contribution in [-0.2, 0) is 0 Å². The van der Waals surface area contributed by atoms with Crippen LogP contribution in [0.4, 0.5) is 5.82 Å². The van der Waals surface area contributed by atoms with Crippen molar-refractivity contribution in [3.8, 4) is 0 Å². The summed E-state index contributed by atoms with van der Waals surface area (Å²) in [7, 11) is 0. The van der Waals surface area contributed by atoms with Gasteiger partial charge >= 0.3 is 0 Å². The number of pyridine rings is 1. The van der Waals surface area contributed by atoms with E-state index in [0.717, 1.165) is 17.9 Å². The highest BCUT2D eigenvalue weighted by Crippen LogP contribution is 2.27. The van der Waals surface area contributed by atoms with Gasteiger partial charge in [-0.05, 0) is 43.5 Å². The van der Waals surface area contributed by atoms with Gasteiger partial charge in [0.05, 0.1) is 5.52 Å². The van der Waals surface area contributed by atoms with E-state index in [4.69, 9.17) is 4.98 Å². The standard InChI is InChI=1S/C17H21N3/c1-13-2-3-14-4-5-17(18-16(14)12-13)20-11-10-19-8-6-15(20)7-9-19/h2-5,12,15H,6-11H2,1H3. The fourth-order valence-corrected chi connectivity index (χ4v) is 3.56. The first kappa shape index (κ1) is 12.2. The van der Waals surface area contributed by atoms with E-state index in [1.807, 2.05) is 0 Å². The molecule has 0 spiro atoms. The van der Waals surface area contributed by atoms with E-state index >= 15 is 0 Å². The van der Waals surface area contributed by atoms with Gasteiger partial charge in [0, 0.05) is 37.6 Å². The van der Waals surface area contributed by atoms with Crippen molar-refractivity contribution in [2.45, 2.75) is 25.8 Å². The minimum absolute atomic E-state index is 0.684. The Morgan fingerprint density at radius 2 is 1.80 bits per heavy atom. The van der Waals surface area contributed by atoms with Gasteiger partial charge in [0.1, 0.15) is 5.82 Å². The number of anilines is 1. The summed E-state index contributed by atoms with van der Waals surface area (Å²) in [5, 5.41) is 1.24. The first-order valence-electron chi connectivity index (χ1n) is 7.66. The first-order valence-corrected chi connectivity index (χ1v) is 7.66. The lowest BCUT2D eigenvalue weighted by molar-refractivity contribution is 0.250. The third kappa shape index (κ3) is 2.06. The second-order valence-electron chi connectivity index (χ2n) is 6.13. The number of rotatable bonds is 1. The van der Waals surface area contributed by atoms with E-state index in [1.165, 1.54) is 43.4 Å². The zero-order chi connectivity index (χ0) is 13.5. The van der Waals surface area contributed by atoms with Crippen molar-refractivity contribution in [1.82, 2.24) is 9.88 Å². The van der Waals surface area contributed by atoms with Crippen LogP contribution in [0.25, 0.3) is 10.9 Å². The molecule has 3 aliphatic rings. The number of aromatic nitrogens is 1. The van der Waals surface area contributed by atoms with Crippen LogP contribution in [0.1, 0.15) is 18.4 Å². The molecule has 4 heterocycles. The van der Waals surface area contributed by atoms with Crippen molar-refractivity contribution in [2.24, 2.45) is 0 Å². The highest BCUT2D eigenvalue weighted by Gasteiger charge is 2.29. The van der Waals surface area contributed by atoms with Gasteiger partial charge in [0.2, 0.25) is 0 Å². The molecule has 3 aliphatic heterocycles. The van der Waals surface area contributed by atoms with E-state index < -0.39 is 0 Å². The predicted octanol–water partition coefficient (Wildman–Crippen LogP) is 2.83.